The topological polar surface area (TPSA) is 63.9 Å². The van der Waals surface area contributed by atoms with Crippen LogP contribution in [0.4, 0.5) is 5.69 Å². The Hall–Kier alpha value is -3.84. The van der Waals surface area contributed by atoms with E-state index in [2.05, 4.69) is 58.9 Å². The van der Waals surface area contributed by atoms with Crippen molar-refractivity contribution in [2.24, 2.45) is 4.99 Å². The van der Waals surface area contributed by atoms with Gasteiger partial charge in [0.2, 0.25) is 0 Å². The van der Waals surface area contributed by atoms with Crippen molar-refractivity contribution < 1.29 is 14.3 Å². The van der Waals surface area contributed by atoms with Crippen LogP contribution in [-0.4, -0.2) is 40.7 Å². The van der Waals surface area contributed by atoms with E-state index < -0.39 is 5.97 Å². The minimum Gasteiger partial charge on any atom is -0.465 e. The van der Waals surface area contributed by atoms with Gasteiger partial charge in [-0.1, -0.05) is 24.3 Å². The first-order valence-corrected chi connectivity index (χ1v) is 11.8. The van der Waals surface area contributed by atoms with E-state index in [0.29, 0.717) is 21.3 Å². The molecule has 0 aliphatic carbocycles. The summed E-state index contributed by atoms with van der Waals surface area (Å²) in [5.74, 6) is -0.489. The number of hydrogen-bond acceptors (Lipinski definition) is 5. The third kappa shape index (κ3) is 3.78. The third-order valence-electron chi connectivity index (χ3n) is 5.93. The largest absolute Gasteiger partial charge is 0.465 e. The number of aromatic nitrogens is 1. The summed E-state index contributed by atoms with van der Waals surface area (Å²) in [5.41, 5.74) is 4.48. The van der Waals surface area contributed by atoms with Gasteiger partial charge < -0.3 is 9.30 Å². The summed E-state index contributed by atoms with van der Waals surface area (Å²) < 4.78 is 7.04. The summed E-state index contributed by atoms with van der Waals surface area (Å²) in [6.45, 7) is 3.04. The Morgan fingerprint density at radius 1 is 1.03 bits per heavy atom. The number of nitrogens with zero attached hydrogens (tertiary/aromatic N) is 3. The number of fused-ring (bicyclic) bond motifs is 3. The highest BCUT2D eigenvalue weighted by Gasteiger charge is 2.30. The zero-order chi connectivity index (χ0) is 23.8. The number of thioether (sulfide) groups is 1. The van der Waals surface area contributed by atoms with Crippen LogP contribution in [-0.2, 0) is 16.1 Å². The Bertz CT molecular complexity index is 1500. The summed E-state index contributed by atoms with van der Waals surface area (Å²) >= 11 is 1.34. The van der Waals surface area contributed by atoms with E-state index in [1.807, 2.05) is 6.08 Å². The number of amides is 1. The van der Waals surface area contributed by atoms with Gasteiger partial charge in [-0.3, -0.25) is 9.69 Å². The molecule has 1 aromatic heterocycles. The van der Waals surface area contributed by atoms with Crippen LogP contribution in [0.15, 0.2) is 76.6 Å². The third-order valence-corrected chi connectivity index (χ3v) is 6.99. The maximum absolute atomic E-state index is 12.9. The van der Waals surface area contributed by atoms with Crippen molar-refractivity contribution in [3.63, 3.8) is 0 Å². The molecule has 1 fully saturated rings. The maximum Gasteiger partial charge on any atom is 0.337 e. The highest BCUT2D eigenvalue weighted by molar-refractivity contribution is 8.18. The number of rotatable bonds is 4. The van der Waals surface area contributed by atoms with Gasteiger partial charge in [0.25, 0.3) is 5.91 Å². The normalized spacial score (nSPS) is 16.3. The number of esters is 1. The molecule has 1 aliphatic rings. The van der Waals surface area contributed by atoms with E-state index >= 15 is 0 Å². The number of hydrogen-bond donors (Lipinski definition) is 0. The first-order valence-electron chi connectivity index (χ1n) is 11.0. The molecule has 0 radical (unpaired) electrons. The van der Waals surface area contributed by atoms with Crippen LogP contribution in [0.3, 0.4) is 0 Å². The lowest BCUT2D eigenvalue weighted by atomic mass is 10.1. The Balaban J connectivity index is 1.47. The van der Waals surface area contributed by atoms with Gasteiger partial charge >= 0.3 is 5.97 Å². The zero-order valence-electron chi connectivity index (χ0n) is 19.1. The fourth-order valence-corrected chi connectivity index (χ4v) is 5.19. The number of carbonyl (C=O) groups is 2. The number of amidine groups is 1. The molecule has 170 valence electrons. The van der Waals surface area contributed by atoms with E-state index in [1.54, 1.807) is 36.2 Å². The van der Waals surface area contributed by atoms with Crippen LogP contribution in [0.1, 0.15) is 22.8 Å². The SMILES string of the molecule is CCn1c2ccccc2c2cc(/C=C3\SC(=Nc4ccc(C(=O)OC)cc4)N(C)C3=O)ccc21. The highest BCUT2D eigenvalue weighted by atomic mass is 32.2. The second kappa shape index (κ2) is 8.83. The molecule has 34 heavy (non-hydrogen) atoms. The lowest BCUT2D eigenvalue weighted by Crippen LogP contribution is -2.23. The van der Waals surface area contributed by atoms with E-state index in [-0.39, 0.29) is 5.91 Å². The van der Waals surface area contributed by atoms with Gasteiger partial charge in [-0.2, -0.15) is 0 Å². The van der Waals surface area contributed by atoms with Crippen molar-refractivity contribution in [1.29, 1.82) is 0 Å². The van der Waals surface area contributed by atoms with Crippen LogP contribution < -0.4 is 0 Å². The average Bonchev–Trinajstić information content (AvgIpc) is 3.32. The van der Waals surface area contributed by atoms with Gasteiger partial charge in [0.15, 0.2) is 5.17 Å². The van der Waals surface area contributed by atoms with Gasteiger partial charge in [-0.15, -0.1) is 0 Å². The lowest BCUT2D eigenvalue weighted by Gasteiger charge is -2.07. The van der Waals surface area contributed by atoms with Crippen LogP contribution in [0.5, 0.6) is 0 Å². The van der Waals surface area contributed by atoms with Gasteiger partial charge in [0, 0.05) is 35.4 Å². The molecule has 1 amide bonds. The van der Waals surface area contributed by atoms with Crippen molar-refractivity contribution in [3.05, 3.63) is 82.8 Å². The standard InChI is InChI=1S/C27H23N3O3S/c1-4-30-22-8-6-5-7-20(22)21-15-17(9-14-23(21)30)16-24-25(31)29(2)27(34-24)28-19-12-10-18(11-13-19)26(32)33-3/h5-16H,4H2,1-3H3/b24-16-,28-27?. The fraction of sp³-hybridized carbons (Fsp3) is 0.148. The van der Waals surface area contributed by atoms with Crippen LogP contribution in [0.25, 0.3) is 27.9 Å². The molecule has 1 aliphatic heterocycles. The molecule has 2 heterocycles. The van der Waals surface area contributed by atoms with Crippen molar-refractivity contribution >= 4 is 62.4 Å². The molecule has 4 aromatic rings. The Kier molecular flexibility index (Phi) is 5.71. The summed E-state index contributed by atoms with van der Waals surface area (Å²) in [7, 11) is 3.07. The van der Waals surface area contributed by atoms with Crippen molar-refractivity contribution in [1.82, 2.24) is 9.47 Å². The Morgan fingerprint density at radius 3 is 2.50 bits per heavy atom. The molecule has 0 bridgehead atoms. The van der Waals surface area contributed by atoms with E-state index in [4.69, 9.17) is 4.74 Å². The fourth-order valence-electron chi connectivity index (χ4n) is 4.21. The monoisotopic (exact) mass is 469 g/mol. The molecule has 0 saturated carbocycles. The first-order chi connectivity index (χ1) is 16.5. The molecular weight excluding hydrogens is 446 g/mol. The molecule has 0 N–H and O–H groups in total. The quantitative estimate of drug-likeness (QED) is 0.278. The molecule has 7 heteroatoms. The van der Waals surface area contributed by atoms with Gasteiger partial charge in [-0.05, 0) is 72.8 Å². The van der Waals surface area contributed by atoms with Crippen LogP contribution >= 0.6 is 11.8 Å². The molecule has 1 saturated heterocycles. The maximum atomic E-state index is 12.9. The van der Waals surface area contributed by atoms with Gasteiger partial charge in [-0.25, -0.2) is 9.79 Å². The minimum atomic E-state index is -0.397. The number of aryl methyl sites for hydroxylation is 1. The van der Waals surface area contributed by atoms with Gasteiger partial charge in [0.05, 0.1) is 23.3 Å². The summed E-state index contributed by atoms with van der Waals surface area (Å²) in [6, 6.07) is 21.5. The van der Waals surface area contributed by atoms with Crippen LogP contribution in [0.2, 0.25) is 0 Å². The lowest BCUT2D eigenvalue weighted by molar-refractivity contribution is -0.121. The van der Waals surface area contributed by atoms with Crippen molar-refractivity contribution in [3.8, 4) is 0 Å². The summed E-state index contributed by atoms with van der Waals surface area (Å²) in [4.78, 5) is 31.3. The molecule has 0 unspecified atom stereocenters. The molecular formula is C27H23N3O3S. The number of aliphatic imine (C=N–C) groups is 1. The number of methoxy groups -OCH3 is 1. The average molecular weight is 470 g/mol. The number of likely N-dealkylation sites (N-methyl/N-ethyl adjacent to an activating group) is 1. The highest BCUT2D eigenvalue weighted by Crippen LogP contribution is 2.35. The Labute approximate surface area is 201 Å². The van der Waals surface area contributed by atoms with Crippen molar-refractivity contribution in [2.75, 3.05) is 14.2 Å². The predicted octanol–water partition coefficient (Wildman–Crippen LogP) is 5.83. The summed E-state index contributed by atoms with van der Waals surface area (Å²) in [6.07, 6.45) is 1.92. The Morgan fingerprint density at radius 2 is 1.76 bits per heavy atom. The molecule has 6 nitrogen and oxygen atoms in total. The van der Waals surface area contributed by atoms with E-state index in [9.17, 15) is 9.59 Å². The number of para-hydroxylation sites is 1. The second-order valence-corrected chi connectivity index (χ2v) is 8.95. The minimum absolute atomic E-state index is 0.0917. The predicted molar refractivity (Wildman–Crippen MR) is 138 cm³/mol. The molecule has 5 rings (SSSR count). The second-order valence-electron chi connectivity index (χ2n) is 7.95. The number of ether oxygens (including phenoxy) is 1. The number of carbonyl (C=O) groups excluding carboxylic acids is 2. The number of benzene rings is 3. The molecule has 3 aromatic carbocycles. The van der Waals surface area contributed by atoms with E-state index in [1.165, 1.54) is 40.7 Å². The smallest absolute Gasteiger partial charge is 0.337 e. The molecule has 0 atom stereocenters. The van der Waals surface area contributed by atoms with Gasteiger partial charge in [0.1, 0.15) is 0 Å². The van der Waals surface area contributed by atoms with Crippen molar-refractivity contribution in [2.45, 2.75) is 13.5 Å². The molecule has 0 spiro atoms. The van der Waals surface area contributed by atoms with Crippen LogP contribution in [0, 0.1) is 0 Å². The summed E-state index contributed by atoms with van der Waals surface area (Å²) in [5, 5.41) is 2.97. The first kappa shape index (κ1) is 22.0. The zero-order valence-corrected chi connectivity index (χ0v) is 19.9. The van der Waals surface area contributed by atoms with E-state index in [0.717, 1.165) is 12.1 Å².